The number of hydrogen-bond acceptors (Lipinski definition) is 8. The molecule has 5 aromatic heterocycles. The summed E-state index contributed by atoms with van der Waals surface area (Å²) in [5, 5.41) is 22.8. The number of H-pyrrole nitrogens is 3. The first-order valence-electron chi connectivity index (χ1n) is 13.4. The molecule has 0 aromatic carbocycles. The maximum absolute atomic E-state index is 12.5. The molecule has 0 radical (unpaired) electrons. The van der Waals surface area contributed by atoms with Crippen molar-refractivity contribution in [3.63, 3.8) is 0 Å². The van der Waals surface area contributed by atoms with Crippen molar-refractivity contribution in [1.29, 1.82) is 0 Å². The van der Waals surface area contributed by atoms with Gasteiger partial charge in [0.25, 0.3) is 11.8 Å². The summed E-state index contributed by atoms with van der Waals surface area (Å²) < 4.78 is 6.51. The predicted octanol–water partition coefficient (Wildman–Crippen LogP) is 3.47. The number of aromatic amines is 3. The van der Waals surface area contributed by atoms with Crippen LogP contribution in [0.2, 0.25) is 0 Å². The van der Waals surface area contributed by atoms with Crippen molar-refractivity contribution in [1.82, 2.24) is 60.6 Å². The SMILES string of the molecule is Nc1nc2c([nH]1)C[C@@H](Cn1cc(CNC(=O)c3cc(Br)c(Br)[nH]3)nn1)[C@H](Cn1cc(CNC(=O)c3cc(Br)c(Br)[nH]3)nn1)C2. The first kappa shape index (κ1) is 30.7. The van der Waals surface area contributed by atoms with Gasteiger partial charge in [0, 0.05) is 18.8 Å². The zero-order chi connectivity index (χ0) is 31.0. The Morgan fingerprint density at radius 2 is 1.32 bits per heavy atom. The van der Waals surface area contributed by atoms with E-state index in [2.05, 4.69) is 115 Å². The zero-order valence-electron chi connectivity index (χ0n) is 22.7. The third kappa shape index (κ3) is 7.00. The summed E-state index contributed by atoms with van der Waals surface area (Å²) in [7, 11) is 0. The van der Waals surface area contributed by atoms with Crippen molar-refractivity contribution < 1.29 is 9.59 Å². The summed E-state index contributed by atoms with van der Waals surface area (Å²) in [6, 6.07) is 3.40. The normalized spacial score (nSPS) is 16.2. The lowest BCUT2D eigenvalue weighted by molar-refractivity contribution is 0.0938. The highest BCUT2D eigenvalue weighted by molar-refractivity contribution is 9.13. The van der Waals surface area contributed by atoms with E-state index in [0.29, 0.717) is 57.4 Å². The quantitative estimate of drug-likeness (QED) is 0.122. The van der Waals surface area contributed by atoms with Gasteiger partial charge in [0.1, 0.15) is 22.8 Å². The Balaban J connectivity index is 1.09. The number of nitrogens with zero attached hydrogens (tertiary/aromatic N) is 7. The highest BCUT2D eigenvalue weighted by atomic mass is 79.9. The van der Waals surface area contributed by atoms with Gasteiger partial charge in [0.2, 0.25) is 0 Å². The second-order valence-corrected chi connectivity index (χ2v) is 13.7. The number of nitrogens with two attached hydrogens (primary N) is 1. The minimum absolute atomic E-state index is 0.153. The number of amides is 2. The lowest BCUT2D eigenvalue weighted by Crippen LogP contribution is -2.32. The number of fused-ring (bicyclic) bond motifs is 1. The molecule has 0 saturated heterocycles. The zero-order valence-corrected chi connectivity index (χ0v) is 29.1. The van der Waals surface area contributed by atoms with Crippen LogP contribution in [0.1, 0.15) is 43.8 Å². The Morgan fingerprint density at radius 3 is 1.80 bits per heavy atom. The number of nitrogen functional groups attached to an aromatic ring is 1. The van der Waals surface area contributed by atoms with Crippen molar-refractivity contribution in [2.45, 2.75) is 39.0 Å². The summed E-state index contributed by atoms with van der Waals surface area (Å²) in [4.78, 5) is 38.6. The second-order valence-electron chi connectivity index (χ2n) is 10.4. The molecule has 19 heteroatoms. The van der Waals surface area contributed by atoms with Gasteiger partial charge in [0.05, 0.1) is 49.3 Å². The van der Waals surface area contributed by atoms with Crippen LogP contribution >= 0.6 is 63.7 Å². The van der Waals surface area contributed by atoms with Gasteiger partial charge in [-0.1, -0.05) is 10.4 Å². The largest absolute Gasteiger partial charge is 0.369 e. The highest BCUT2D eigenvalue weighted by Crippen LogP contribution is 2.32. The van der Waals surface area contributed by atoms with Crippen molar-refractivity contribution in [2.24, 2.45) is 11.8 Å². The van der Waals surface area contributed by atoms with Crippen LogP contribution in [-0.2, 0) is 39.0 Å². The summed E-state index contributed by atoms with van der Waals surface area (Å²) in [5.74, 6) is 0.213. The number of anilines is 1. The van der Waals surface area contributed by atoms with E-state index in [1.807, 2.05) is 12.4 Å². The van der Waals surface area contributed by atoms with Crippen LogP contribution in [0, 0.1) is 11.8 Å². The Bertz CT molecular complexity index is 1650. The van der Waals surface area contributed by atoms with E-state index in [1.54, 1.807) is 21.5 Å². The molecule has 44 heavy (non-hydrogen) atoms. The molecule has 15 nitrogen and oxygen atoms in total. The number of carbonyl (C=O) groups is 2. The lowest BCUT2D eigenvalue weighted by atomic mass is 9.79. The van der Waals surface area contributed by atoms with Gasteiger partial charge in [-0.15, -0.1) is 10.2 Å². The molecule has 1 aliphatic rings. The minimum Gasteiger partial charge on any atom is -0.369 e. The van der Waals surface area contributed by atoms with Gasteiger partial charge >= 0.3 is 0 Å². The number of rotatable bonds is 10. The van der Waals surface area contributed by atoms with E-state index >= 15 is 0 Å². The van der Waals surface area contributed by atoms with Crippen LogP contribution in [0.3, 0.4) is 0 Å². The van der Waals surface area contributed by atoms with Crippen molar-refractivity contribution in [3.05, 3.63) is 76.8 Å². The van der Waals surface area contributed by atoms with Gasteiger partial charge in [-0.05, 0) is 101 Å². The molecule has 0 fully saturated rings. The molecule has 7 N–H and O–H groups in total. The number of imidazole rings is 1. The fourth-order valence-corrected chi connectivity index (χ4v) is 6.47. The van der Waals surface area contributed by atoms with Crippen LogP contribution in [0.4, 0.5) is 5.95 Å². The number of hydrogen-bond donors (Lipinski definition) is 6. The summed E-state index contributed by atoms with van der Waals surface area (Å²) in [5.41, 5.74) is 10.1. The lowest BCUT2D eigenvalue weighted by Gasteiger charge is -2.30. The van der Waals surface area contributed by atoms with Crippen LogP contribution in [0.25, 0.3) is 0 Å². The topological polar surface area (TPSA) is 206 Å². The number of nitrogens with one attached hydrogen (secondary N) is 5. The van der Waals surface area contributed by atoms with E-state index in [4.69, 9.17) is 5.73 Å². The standard InChI is InChI=1S/C25H25Br4N13O2/c26-15-3-19(33-21(15)28)23(43)31-5-13-9-41(39-37-13)7-11-1-17-18(36-25(30)35-17)2-12(11)8-42-10-14(38-40-42)6-32-24(44)20-4-16(27)22(29)34-20/h3-4,9-12,33-34H,1-2,5-8H2,(H,31,43)(H,32,44)(H3,30,35,36)/t11-,12-/m0/s1. The van der Waals surface area contributed by atoms with Crippen LogP contribution < -0.4 is 16.4 Å². The molecule has 5 heterocycles. The van der Waals surface area contributed by atoms with Crippen LogP contribution in [0.5, 0.6) is 0 Å². The molecule has 0 saturated carbocycles. The average Bonchev–Trinajstić information content (AvgIpc) is 3.81. The fraction of sp³-hybridized carbons (Fsp3) is 0.320. The van der Waals surface area contributed by atoms with Gasteiger partial charge in [-0.2, -0.15) is 0 Å². The van der Waals surface area contributed by atoms with E-state index in [-0.39, 0.29) is 36.7 Å². The fourth-order valence-electron chi connectivity index (χ4n) is 5.16. The third-order valence-electron chi connectivity index (χ3n) is 7.29. The Kier molecular flexibility index (Phi) is 9.06. The molecular formula is C25H25Br4N13O2. The number of carbonyl (C=O) groups excluding carboxylic acids is 2. The van der Waals surface area contributed by atoms with E-state index in [1.165, 1.54) is 0 Å². The second kappa shape index (κ2) is 13.0. The molecule has 0 aliphatic heterocycles. The third-order valence-corrected chi connectivity index (χ3v) is 10.9. The number of halogens is 4. The van der Waals surface area contributed by atoms with Gasteiger partial charge < -0.3 is 31.3 Å². The monoisotopic (exact) mass is 855 g/mol. The maximum atomic E-state index is 12.5. The summed E-state index contributed by atoms with van der Waals surface area (Å²) >= 11 is 13.4. The molecular weight excluding hydrogens is 834 g/mol. The Hall–Kier alpha value is -3.29. The molecule has 1 aliphatic carbocycles. The maximum Gasteiger partial charge on any atom is 0.268 e. The molecule has 2 atom stereocenters. The molecule has 0 bridgehead atoms. The predicted molar refractivity (Wildman–Crippen MR) is 172 cm³/mol. The molecule has 5 aromatic rings. The van der Waals surface area contributed by atoms with Crippen molar-refractivity contribution in [3.8, 4) is 0 Å². The van der Waals surface area contributed by atoms with E-state index in [9.17, 15) is 9.59 Å². The van der Waals surface area contributed by atoms with Crippen LogP contribution in [0.15, 0.2) is 42.7 Å². The number of aromatic nitrogens is 10. The highest BCUT2D eigenvalue weighted by Gasteiger charge is 2.32. The summed E-state index contributed by atoms with van der Waals surface area (Å²) in [6.07, 6.45) is 5.11. The van der Waals surface area contributed by atoms with E-state index in [0.717, 1.165) is 26.8 Å². The van der Waals surface area contributed by atoms with Crippen LogP contribution in [-0.4, -0.2) is 61.7 Å². The van der Waals surface area contributed by atoms with Crippen molar-refractivity contribution >= 4 is 81.5 Å². The first-order chi connectivity index (χ1) is 21.1. The van der Waals surface area contributed by atoms with Crippen molar-refractivity contribution in [2.75, 3.05) is 5.73 Å². The molecule has 230 valence electrons. The van der Waals surface area contributed by atoms with E-state index < -0.39 is 0 Å². The first-order valence-corrected chi connectivity index (χ1v) is 16.5. The summed E-state index contributed by atoms with van der Waals surface area (Å²) in [6.45, 7) is 1.66. The smallest absolute Gasteiger partial charge is 0.268 e. The minimum atomic E-state index is -0.251. The molecule has 6 rings (SSSR count). The molecule has 0 spiro atoms. The van der Waals surface area contributed by atoms with Gasteiger partial charge in [-0.25, -0.2) is 4.98 Å². The molecule has 2 amide bonds. The van der Waals surface area contributed by atoms with Gasteiger partial charge in [0.15, 0.2) is 5.95 Å². The average molecular weight is 859 g/mol. The Morgan fingerprint density at radius 1 is 0.818 bits per heavy atom. The van der Waals surface area contributed by atoms with Gasteiger partial charge in [-0.3, -0.25) is 19.0 Å². The molecule has 0 unspecified atom stereocenters. The Labute approximate surface area is 283 Å².